The summed E-state index contributed by atoms with van der Waals surface area (Å²) in [7, 11) is 0. The number of benzene rings is 2. The molecule has 0 spiro atoms. The standard InChI is InChI=1S/C19H28N6O.C16H27N3O2/c1-19(2,3)17-24-12-15(16(26)25-17)14-7-5-13(6-8-14)11-22-9-4-10-23-18(20)21;1-15(2,3)19-14(20)18-12-8-6-7-9-13(12)21-11-16(4,5)10-17/h5-8,12,22H,4,9-11H2,1-3H3,(H4,20,21,23)(H,24,25,26);6-9H,10-11,17H2,1-5H3,(H2,18,19,20). The number of nitrogens with one attached hydrogen (secondary N) is 4. The highest BCUT2D eigenvalue weighted by molar-refractivity contribution is 5.91. The molecule has 0 radical (unpaired) electrons. The van der Waals surface area contributed by atoms with E-state index in [9.17, 15) is 9.59 Å². The summed E-state index contributed by atoms with van der Waals surface area (Å²) < 4.78 is 5.80. The van der Waals surface area contributed by atoms with E-state index in [2.05, 4.69) is 30.9 Å². The zero-order valence-electron chi connectivity index (χ0n) is 29.3. The lowest BCUT2D eigenvalue weighted by molar-refractivity contribution is 0.188. The van der Waals surface area contributed by atoms with Crippen LogP contribution in [0.3, 0.4) is 0 Å². The van der Waals surface area contributed by atoms with Gasteiger partial charge in [-0.25, -0.2) is 9.78 Å². The number of nitrogens with zero attached hydrogens (tertiary/aromatic N) is 2. The van der Waals surface area contributed by atoms with Gasteiger partial charge in [0.25, 0.3) is 5.56 Å². The first kappa shape index (κ1) is 38.8. The van der Waals surface area contributed by atoms with Crippen LogP contribution in [0.5, 0.6) is 5.75 Å². The van der Waals surface area contributed by atoms with Gasteiger partial charge in [-0.15, -0.1) is 0 Å². The highest BCUT2D eigenvalue weighted by atomic mass is 16.5. The predicted molar refractivity (Wildman–Crippen MR) is 193 cm³/mol. The fraction of sp³-hybridized carbons (Fsp3) is 0.486. The number of carbonyl (C=O) groups excluding carboxylic acids is 1. The summed E-state index contributed by atoms with van der Waals surface area (Å²) in [4.78, 5) is 35.5. The molecule has 2 amide bonds. The Morgan fingerprint density at radius 1 is 0.979 bits per heavy atom. The third-order valence-electron chi connectivity index (χ3n) is 6.70. The van der Waals surface area contributed by atoms with Gasteiger partial charge in [0.15, 0.2) is 5.96 Å². The van der Waals surface area contributed by atoms with E-state index in [1.807, 2.05) is 104 Å². The minimum atomic E-state index is -0.290. The molecule has 12 nitrogen and oxygen atoms in total. The Hall–Kier alpha value is -4.42. The van der Waals surface area contributed by atoms with Crippen molar-refractivity contribution in [3.63, 3.8) is 0 Å². The maximum absolute atomic E-state index is 12.4. The number of rotatable bonds is 12. The van der Waals surface area contributed by atoms with E-state index >= 15 is 0 Å². The summed E-state index contributed by atoms with van der Waals surface area (Å²) in [6.07, 6.45) is 2.52. The van der Waals surface area contributed by atoms with Crippen molar-refractivity contribution < 1.29 is 9.53 Å². The second-order valence-corrected chi connectivity index (χ2v) is 14.2. The highest BCUT2D eigenvalue weighted by Crippen LogP contribution is 2.26. The fourth-order valence-corrected chi connectivity index (χ4v) is 3.95. The number of anilines is 1. The highest BCUT2D eigenvalue weighted by Gasteiger charge is 2.19. The minimum absolute atomic E-state index is 0.110. The Balaban J connectivity index is 0.000000335. The molecule has 0 aliphatic rings. The average molecular weight is 650 g/mol. The minimum Gasteiger partial charge on any atom is -0.491 e. The number of hydrogen-bond donors (Lipinski definition) is 7. The van der Waals surface area contributed by atoms with E-state index in [0.29, 0.717) is 42.5 Å². The Labute approximate surface area is 279 Å². The van der Waals surface area contributed by atoms with Crippen LogP contribution in [-0.2, 0) is 12.0 Å². The molecule has 0 aliphatic heterocycles. The molecule has 0 aliphatic carbocycles. The van der Waals surface area contributed by atoms with Gasteiger partial charge in [-0.05, 0) is 57.0 Å². The number of aromatic amines is 1. The van der Waals surface area contributed by atoms with Crippen LogP contribution in [-0.4, -0.2) is 53.7 Å². The second-order valence-electron chi connectivity index (χ2n) is 14.2. The third-order valence-corrected chi connectivity index (χ3v) is 6.70. The van der Waals surface area contributed by atoms with E-state index in [1.165, 1.54) is 0 Å². The van der Waals surface area contributed by atoms with E-state index in [1.54, 1.807) is 6.20 Å². The zero-order valence-corrected chi connectivity index (χ0v) is 29.3. The smallest absolute Gasteiger partial charge is 0.319 e. The number of aromatic nitrogens is 2. The Morgan fingerprint density at radius 2 is 1.64 bits per heavy atom. The van der Waals surface area contributed by atoms with Crippen molar-refractivity contribution >= 4 is 17.7 Å². The Morgan fingerprint density at radius 3 is 2.21 bits per heavy atom. The van der Waals surface area contributed by atoms with Crippen LogP contribution in [0.1, 0.15) is 73.2 Å². The molecule has 0 saturated carbocycles. The molecule has 12 heteroatoms. The van der Waals surface area contributed by atoms with Crippen LogP contribution in [0.2, 0.25) is 0 Å². The summed E-state index contributed by atoms with van der Waals surface area (Å²) >= 11 is 0. The lowest BCUT2D eigenvalue weighted by Crippen LogP contribution is -2.43. The van der Waals surface area contributed by atoms with Crippen LogP contribution in [0, 0.1) is 5.41 Å². The monoisotopic (exact) mass is 649 g/mol. The van der Waals surface area contributed by atoms with Crippen LogP contribution >= 0.6 is 0 Å². The average Bonchev–Trinajstić information content (AvgIpc) is 2.97. The summed E-state index contributed by atoms with van der Waals surface area (Å²) in [6.45, 7) is 19.1. The topological polar surface area (TPSA) is 199 Å². The summed E-state index contributed by atoms with van der Waals surface area (Å²) in [5, 5.41) is 9.01. The number of guanidine groups is 1. The number of carbonyl (C=O) groups is 1. The van der Waals surface area contributed by atoms with Crippen LogP contribution in [0.25, 0.3) is 11.1 Å². The van der Waals surface area contributed by atoms with Gasteiger partial charge >= 0.3 is 6.03 Å². The number of aliphatic imine (C=N–C) groups is 1. The molecule has 3 aromatic rings. The fourth-order valence-electron chi connectivity index (χ4n) is 3.95. The Bertz CT molecular complexity index is 1500. The first-order valence-electron chi connectivity index (χ1n) is 15.9. The van der Waals surface area contributed by atoms with Gasteiger partial charge in [0.05, 0.1) is 17.9 Å². The van der Waals surface area contributed by atoms with E-state index in [-0.39, 0.29) is 33.9 Å². The van der Waals surface area contributed by atoms with E-state index in [4.69, 9.17) is 21.9 Å². The third kappa shape index (κ3) is 14.7. The molecule has 0 fully saturated rings. The van der Waals surface area contributed by atoms with Crippen LogP contribution in [0.15, 0.2) is 64.5 Å². The van der Waals surface area contributed by atoms with Crippen molar-refractivity contribution in [3.8, 4) is 16.9 Å². The molecule has 47 heavy (non-hydrogen) atoms. The quantitative estimate of drug-likeness (QED) is 0.0847. The van der Waals surface area contributed by atoms with Gasteiger partial charge in [-0.2, -0.15) is 0 Å². The number of urea groups is 1. The number of nitrogens with two attached hydrogens (primary N) is 3. The first-order valence-corrected chi connectivity index (χ1v) is 15.9. The number of hydrogen-bond acceptors (Lipinski definition) is 7. The van der Waals surface area contributed by atoms with Gasteiger partial charge < -0.3 is 42.9 Å². The SMILES string of the molecule is CC(C)(C)c1ncc(-c2ccc(CNCCCN=C(N)N)cc2)c(=O)[nH]1.CC(C)(CN)COc1ccccc1NC(=O)NC(C)(C)C. The summed E-state index contributed by atoms with van der Waals surface area (Å²) in [5.41, 5.74) is 18.8. The van der Waals surface area contributed by atoms with E-state index < -0.39 is 0 Å². The molecule has 258 valence electrons. The molecule has 0 unspecified atom stereocenters. The zero-order chi connectivity index (χ0) is 35.3. The van der Waals surface area contributed by atoms with E-state index in [0.717, 1.165) is 30.6 Å². The number of ether oxygens (including phenoxy) is 1. The number of para-hydroxylation sites is 2. The lowest BCUT2D eigenvalue weighted by Gasteiger charge is -2.24. The first-order chi connectivity index (χ1) is 21.9. The summed E-state index contributed by atoms with van der Waals surface area (Å²) in [6, 6.07) is 15.0. The van der Waals surface area contributed by atoms with Gasteiger partial charge in [-0.1, -0.05) is 71.0 Å². The molecular formula is C35H55N9O3. The Kier molecular flexibility index (Phi) is 14.4. The molecule has 2 aromatic carbocycles. The molecule has 0 atom stereocenters. The normalized spacial score (nSPS) is 11.6. The maximum Gasteiger partial charge on any atom is 0.319 e. The van der Waals surface area contributed by atoms with Crippen molar-refractivity contribution in [1.29, 1.82) is 0 Å². The predicted octanol–water partition coefficient (Wildman–Crippen LogP) is 4.46. The number of H-pyrrole nitrogens is 1. The molecular weight excluding hydrogens is 594 g/mol. The van der Waals surface area contributed by atoms with Crippen molar-refractivity contribution in [2.75, 3.05) is 31.6 Å². The van der Waals surface area contributed by atoms with Crippen molar-refractivity contribution in [2.24, 2.45) is 27.6 Å². The molecule has 10 N–H and O–H groups in total. The summed E-state index contributed by atoms with van der Waals surface area (Å²) in [5.74, 6) is 1.46. The number of amides is 2. The molecule has 1 heterocycles. The lowest BCUT2D eigenvalue weighted by atomic mass is 9.95. The second kappa shape index (κ2) is 17.5. The van der Waals surface area contributed by atoms with Gasteiger partial charge in [0.2, 0.25) is 0 Å². The molecule has 0 saturated heterocycles. The van der Waals surface area contributed by atoms with Gasteiger partial charge in [-0.3, -0.25) is 9.79 Å². The van der Waals surface area contributed by atoms with Crippen molar-refractivity contribution in [2.45, 2.75) is 79.3 Å². The largest absolute Gasteiger partial charge is 0.491 e. The van der Waals surface area contributed by atoms with Crippen LogP contribution < -0.4 is 43.4 Å². The van der Waals surface area contributed by atoms with Crippen LogP contribution in [0.4, 0.5) is 10.5 Å². The van der Waals surface area contributed by atoms with Crippen molar-refractivity contribution in [3.05, 3.63) is 76.5 Å². The van der Waals surface area contributed by atoms with Gasteiger partial charge in [0.1, 0.15) is 11.6 Å². The van der Waals surface area contributed by atoms with Crippen molar-refractivity contribution in [1.82, 2.24) is 20.6 Å². The molecule has 3 rings (SSSR count). The molecule has 0 bridgehead atoms. The maximum atomic E-state index is 12.4. The van der Waals surface area contributed by atoms with Gasteiger partial charge in [0, 0.05) is 42.2 Å². The molecule has 1 aromatic heterocycles.